The van der Waals surface area contributed by atoms with E-state index < -0.39 is 0 Å². The molecule has 0 amide bonds. The van der Waals surface area contributed by atoms with Crippen LogP contribution in [-0.4, -0.2) is 23.7 Å². The van der Waals surface area contributed by atoms with E-state index in [1.165, 1.54) is 9.75 Å². The highest BCUT2D eigenvalue weighted by Crippen LogP contribution is 2.17. The van der Waals surface area contributed by atoms with E-state index in [4.69, 9.17) is 4.52 Å². The fourth-order valence-corrected chi connectivity index (χ4v) is 3.35. The molecule has 2 heterocycles. The summed E-state index contributed by atoms with van der Waals surface area (Å²) in [5.74, 6) is 1.96. The molecule has 2 N–H and O–H groups in total. The van der Waals surface area contributed by atoms with Crippen molar-refractivity contribution in [3.05, 3.63) is 39.4 Å². The van der Waals surface area contributed by atoms with Gasteiger partial charge in [0.25, 0.3) is 0 Å². The Kier molecular flexibility index (Phi) is 9.48. The number of guanidine groups is 1. The highest BCUT2D eigenvalue weighted by atomic mass is 127. The SMILES string of the molecule is CCNC(=NCc1cc(C(C)C)no1)NC(C)Cc1ccc(C)s1.I. The smallest absolute Gasteiger partial charge is 0.191 e. The minimum absolute atomic E-state index is 0. The fraction of sp³-hybridized carbons (Fsp3) is 0.556. The first-order valence-electron chi connectivity index (χ1n) is 8.53. The third-order valence-electron chi connectivity index (χ3n) is 3.59. The molecule has 2 rings (SSSR count). The Morgan fingerprint density at radius 2 is 2.08 bits per heavy atom. The maximum atomic E-state index is 5.35. The Labute approximate surface area is 171 Å². The molecular formula is C18H29IN4OS. The Balaban J connectivity index is 0.00000312. The second-order valence-electron chi connectivity index (χ2n) is 6.33. The largest absolute Gasteiger partial charge is 0.359 e. The van der Waals surface area contributed by atoms with Crippen LogP contribution in [0.25, 0.3) is 0 Å². The Hall–Kier alpha value is -1.09. The zero-order valence-corrected chi connectivity index (χ0v) is 18.8. The van der Waals surface area contributed by atoms with Gasteiger partial charge in [-0.1, -0.05) is 19.0 Å². The third kappa shape index (κ3) is 7.35. The van der Waals surface area contributed by atoms with Crippen LogP contribution in [0.4, 0.5) is 0 Å². The van der Waals surface area contributed by atoms with Crippen molar-refractivity contribution in [3.63, 3.8) is 0 Å². The van der Waals surface area contributed by atoms with Crippen LogP contribution in [0.2, 0.25) is 0 Å². The van der Waals surface area contributed by atoms with Gasteiger partial charge in [-0.05, 0) is 38.8 Å². The summed E-state index contributed by atoms with van der Waals surface area (Å²) in [6.45, 7) is 11.9. The number of aryl methyl sites for hydroxylation is 1. The first-order chi connectivity index (χ1) is 11.5. The van der Waals surface area contributed by atoms with E-state index >= 15 is 0 Å². The summed E-state index contributed by atoms with van der Waals surface area (Å²) in [6.07, 6.45) is 0.989. The number of nitrogens with one attached hydrogen (secondary N) is 2. The van der Waals surface area contributed by atoms with Crippen molar-refractivity contribution < 1.29 is 4.52 Å². The van der Waals surface area contributed by atoms with Crippen LogP contribution in [0, 0.1) is 6.92 Å². The topological polar surface area (TPSA) is 62.5 Å². The number of hydrogen-bond acceptors (Lipinski definition) is 4. The summed E-state index contributed by atoms with van der Waals surface area (Å²) in [6, 6.07) is 6.66. The van der Waals surface area contributed by atoms with Crippen molar-refractivity contribution in [2.24, 2.45) is 4.99 Å². The molecule has 7 heteroatoms. The van der Waals surface area contributed by atoms with Gasteiger partial charge in [-0.15, -0.1) is 35.3 Å². The normalized spacial score (nSPS) is 12.8. The molecule has 0 fully saturated rings. The van der Waals surface area contributed by atoms with Gasteiger partial charge in [0.05, 0.1) is 5.69 Å². The standard InChI is InChI=1S/C18H28N4OS.HI/c1-6-19-18(20-11-15-10-17(12(2)3)22-23-15)21-13(4)9-16-8-7-14(5)24-16;/h7-8,10,12-13H,6,9,11H2,1-5H3,(H2,19,20,21);1H. The second kappa shape index (κ2) is 10.8. The van der Waals surface area contributed by atoms with Crippen molar-refractivity contribution >= 4 is 41.3 Å². The number of thiophene rings is 1. The summed E-state index contributed by atoms with van der Waals surface area (Å²) < 4.78 is 5.35. The molecular weight excluding hydrogens is 447 g/mol. The van der Waals surface area contributed by atoms with E-state index in [2.05, 4.69) is 67.5 Å². The molecule has 0 radical (unpaired) electrons. The zero-order valence-electron chi connectivity index (χ0n) is 15.6. The summed E-state index contributed by atoms with van der Waals surface area (Å²) in [5.41, 5.74) is 0.972. The van der Waals surface area contributed by atoms with Crippen LogP contribution < -0.4 is 10.6 Å². The molecule has 2 aromatic rings. The lowest BCUT2D eigenvalue weighted by Crippen LogP contribution is -2.43. The number of rotatable bonds is 7. The van der Waals surface area contributed by atoms with Crippen molar-refractivity contribution in [3.8, 4) is 0 Å². The molecule has 0 aliphatic rings. The number of aromatic nitrogens is 1. The van der Waals surface area contributed by atoms with Gasteiger partial charge in [-0.25, -0.2) is 4.99 Å². The van der Waals surface area contributed by atoms with Gasteiger partial charge in [0.2, 0.25) is 0 Å². The van der Waals surface area contributed by atoms with Crippen LogP contribution in [0.3, 0.4) is 0 Å². The van der Waals surface area contributed by atoms with E-state index in [1.807, 2.05) is 17.4 Å². The number of hydrogen-bond donors (Lipinski definition) is 2. The number of nitrogens with zero attached hydrogens (tertiary/aromatic N) is 2. The highest BCUT2D eigenvalue weighted by Gasteiger charge is 2.10. The monoisotopic (exact) mass is 476 g/mol. The Morgan fingerprint density at radius 1 is 1.32 bits per heavy atom. The first-order valence-corrected chi connectivity index (χ1v) is 9.35. The van der Waals surface area contributed by atoms with E-state index in [1.54, 1.807) is 0 Å². The van der Waals surface area contributed by atoms with Gasteiger partial charge in [0.15, 0.2) is 11.7 Å². The minimum atomic E-state index is 0. The molecule has 2 aromatic heterocycles. The maximum Gasteiger partial charge on any atom is 0.191 e. The Morgan fingerprint density at radius 3 is 2.64 bits per heavy atom. The molecule has 0 aromatic carbocycles. The number of aliphatic imine (C=N–C) groups is 1. The average Bonchev–Trinajstić information content (AvgIpc) is 3.14. The van der Waals surface area contributed by atoms with Gasteiger partial charge >= 0.3 is 0 Å². The summed E-state index contributed by atoms with van der Waals surface area (Å²) in [4.78, 5) is 7.35. The van der Waals surface area contributed by atoms with E-state index in [-0.39, 0.29) is 24.0 Å². The van der Waals surface area contributed by atoms with Crippen LogP contribution in [0.5, 0.6) is 0 Å². The lowest BCUT2D eigenvalue weighted by Gasteiger charge is -2.17. The van der Waals surface area contributed by atoms with E-state index in [0.717, 1.165) is 30.4 Å². The van der Waals surface area contributed by atoms with E-state index in [0.29, 0.717) is 18.5 Å². The summed E-state index contributed by atoms with van der Waals surface area (Å²) in [5, 5.41) is 10.8. The molecule has 0 spiro atoms. The van der Waals surface area contributed by atoms with Crippen LogP contribution in [0.1, 0.15) is 54.8 Å². The minimum Gasteiger partial charge on any atom is -0.359 e. The predicted octanol–water partition coefficient (Wildman–Crippen LogP) is 4.47. The third-order valence-corrected chi connectivity index (χ3v) is 4.62. The molecule has 0 aliphatic heterocycles. The second-order valence-corrected chi connectivity index (χ2v) is 7.70. The van der Waals surface area contributed by atoms with Crippen molar-refractivity contribution in [2.75, 3.05) is 6.54 Å². The highest BCUT2D eigenvalue weighted by molar-refractivity contribution is 14.0. The molecule has 140 valence electrons. The van der Waals surface area contributed by atoms with Crippen LogP contribution >= 0.6 is 35.3 Å². The molecule has 0 saturated heterocycles. The van der Waals surface area contributed by atoms with Crippen LogP contribution in [0.15, 0.2) is 27.7 Å². The van der Waals surface area contributed by atoms with E-state index in [9.17, 15) is 0 Å². The first kappa shape index (κ1) is 22.0. The summed E-state index contributed by atoms with van der Waals surface area (Å²) >= 11 is 1.85. The maximum absolute atomic E-state index is 5.35. The molecule has 0 bridgehead atoms. The quantitative estimate of drug-likeness (QED) is 0.352. The van der Waals surface area contributed by atoms with Crippen molar-refractivity contribution in [1.29, 1.82) is 0 Å². The lowest BCUT2D eigenvalue weighted by atomic mass is 10.1. The molecule has 5 nitrogen and oxygen atoms in total. The van der Waals surface area contributed by atoms with Gasteiger partial charge in [-0.3, -0.25) is 0 Å². The van der Waals surface area contributed by atoms with Crippen molar-refractivity contribution in [2.45, 2.75) is 59.5 Å². The molecule has 1 unspecified atom stereocenters. The van der Waals surface area contributed by atoms with Gasteiger partial charge in [0, 0.05) is 34.8 Å². The lowest BCUT2D eigenvalue weighted by molar-refractivity contribution is 0.376. The summed E-state index contributed by atoms with van der Waals surface area (Å²) in [7, 11) is 0. The molecule has 1 atom stereocenters. The van der Waals surface area contributed by atoms with Crippen LogP contribution in [-0.2, 0) is 13.0 Å². The Bertz CT molecular complexity index is 666. The zero-order chi connectivity index (χ0) is 17.5. The number of halogens is 1. The van der Waals surface area contributed by atoms with Crippen molar-refractivity contribution in [1.82, 2.24) is 15.8 Å². The molecule has 0 saturated carbocycles. The fourth-order valence-electron chi connectivity index (χ4n) is 2.33. The van der Waals surface area contributed by atoms with Gasteiger partial charge in [-0.2, -0.15) is 0 Å². The van der Waals surface area contributed by atoms with Gasteiger partial charge < -0.3 is 15.2 Å². The molecule has 25 heavy (non-hydrogen) atoms. The average molecular weight is 476 g/mol. The van der Waals surface area contributed by atoms with Gasteiger partial charge in [0.1, 0.15) is 6.54 Å². The molecule has 0 aliphatic carbocycles. The predicted molar refractivity (Wildman–Crippen MR) is 116 cm³/mol.